The third kappa shape index (κ3) is 7.83. The van der Waals surface area contributed by atoms with E-state index in [-0.39, 0.29) is 0 Å². The van der Waals surface area contributed by atoms with Crippen molar-refractivity contribution >= 4 is 20.8 Å². The standard InChI is InChI=1S/C10H22O7S2/c1-4-7-8-9-10(5-2,6-3)16-19(14,15)17-18(11,12)13/h4-9H2,1-3H3,(H,11,12,13). The Morgan fingerprint density at radius 2 is 1.53 bits per heavy atom. The summed E-state index contributed by atoms with van der Waals surface area (Å²) in [7, 11) is -9.90. The molecule has 0 aliphatic carbocycles. The minimum atomic E-state index is -5.11. The van der Waals surface area contributed by atoms with Crippen LogP contribution >= 0.6 is 0 Å². The lowest BCUT2D eigenvalue weighted by Gasteiger charge is -2.30. The summed E-state index contributed by atoms with van der Waals surface area (Å²) < 4.78 is 60.6. The summed E-state index contributed by atoms with van der Waals surface area (Å²) in [5, 5.41) is 0. The van der Waals surface area contributed by atoms with Gasteiger partial charge in [0, 0.05) is 0 Å². The zero-order valence-corrected chi connectivity index (χ0v) is 13.1. The number of hydrogen-bond acceptors (Lipinski definition) is 6. The third-order valence-electron chi connectivity index (χ3n) is 2.97. The summed E-state index contributed by atoms with van der Waals surface area (Å²) in [6, 6.07) is 0. The highest BCUT2D eigenvalue weighted by Gasteiger charge is 2.35. The average molecular weight is 318 g/mol. The van der Waals surface area contributed by atoms with Gasteiger partial charge in [0.2, 0.25) is 0 Å². The lowest BCUT2D eigenvalue weighted by atomic mass is 9.91. The van der Waals surface area contributed by atoms with Crippen LogP contribution in [0.15, 0.2) is 0 Å². The highest BCUT2D eigenvalue weighted by molar-refractivity contribution is 7.94. The number of hydrogen-bond donors (Lipinski definition) is 1. The predicted octanol–water partition coefficient (Wildman–Crippen LogP) is 2.21. The molecule has 0 amide bonds. The zero-order valence-electron chi connectivity index (χ0n) is 11.5. The van der Waals surface area contributed by atoms with Crippen molar-refractivity contribution in [1.29, 1.82) is 0 Å². The van der Waals surface area contributed by atoms with Crippen LogP contribution in [0.4, 0.5) is 0 Å². The van der Waals surface area contributed by atoms with Crippen LogP contribution in [0.25, 0.3) is 0 Å². The van der Waals surface area contributed by atoms with Crippen LogP contribution in [-0.4, -0.2) is 27.0 Å². The number of rotatable bonds is 10. The summed E-state index contributed by atoms with van der Waals surface area (Å²) in [6.45, 7) is 5.51. The second-order valence-electron chi connectivity index (χ2n) is 4.33. The first-order valence-electron chi connectivity index (χ1n) is 6.24. The first-order valence-corrected chi connectivity index (χ1v) is 8.93. The van der Waals surface area contributed by atoms with Crippen molar-refractivity contribution in [1.82, 2.24) is 0 Å². The van der Waals surface area contributed by atoms with E-state index in [1.165, 1.54) is 0 Å². The molecule has 0 saturated heterocycles. The van der Waals surface area contributed by atoms with Crippen molar-refractivity contribution < 1.29 is 29.2 Å². The molecule has 0 saturated carbocycles. The Morgan fingerprint density at radius 3 is 1.89 bits per heavy atom. The molecule has 0 aliphatic heterocycles. The summed E-state index contributed by atoms with van der Waals surface area (Å²) in [5.74, 6) is 0. The van der Waals surface area contributed by atoms with E-state index in [1.54, 1.807) is 13.8 Å². The minimum Gasteiger partial charge on any atom is -0.263 e. The molecular formula is C10H22O7S2. The molecule has 0 aromatic carbocycles. The van der Waals surface area contributed by atoms with Gasteiger partial charge < -0.3 is 0 Å². The molecule has 0 spiro atoms. The molecule has 0 bridgehead atoms. The highest BCUT2D eigenvalue weighted by Crippen LogP contribution is 2.30. The van der Waals surface area contributed by atoms with Crippen LogP contribution in [0.5, 0.6) is 0 Å². The molecular weight excluding hydrogens is 296 g/mol. The van der Waals surface area contributed by atoms with E-state index in [0.717, 1.165) is 19.3 Å². The van der Waals surface area contributed by atoms with Gasteiger partial charge in [-0.25, -0.2) is 4.18 Å². The maximum atomic E-state index is 11.4. The Labute approximate surface area is 115 Å². The van der Waals surface area contributed by atoms with Crippen LogP contribution in [0.3, 0.4) is 0 Å². The van der Waals surface area contributed by atoms with Gasteiger partial charge in [0.1, 0.15) is 0 Å². The Morgan fingerprint density at radius 1 is 1.00 bits per heavy atom. The van der Waals surface area contributed by atoms with Crippen molar-refractivity contribution in [3.8, 4) is 0 Å². The second-order valence-corrected chi connectivity index (χ2v) is 6.72. The molecule has 0 rings (SSSR count). The summed E-state index contributed by atoms with van der Waals surface area (Å²) in [5.41, 5.74) is -1.00. The van der Waals surface area contributed by atoms with E-state index in [2.05, 4.69) is 3.63 Å². The lowest BCUT2D eigenvalue weighted by molar-refractivity contribution is 0.0444. The second kappa shape index (κ2) is 7.53. The Hall–Kier alpha value is -0.220. The van der Waals surface area contributed by atoms with Crippen molar-refractivity contribution in [2.45, 2.75) is 64.9 Å². The third-order valence-corrected chi connectivity index (χ3v) is 4.88. The monoisotopic (exact) mass is 318 g/mol. The quantitative estimate of drug-likeness (QED) is 0.486. The van der Waals surface area contributed by atoms with E-state index >= 15 is 0 Å². The fourth-order valence-electron chi connectivity index (χ4n) is 1.80. The SMILES string of the molecule is CCCCCC(CC)(CC)OS(=O)(=O)OS(=O)(=O)O. The van der Waals surface area contributed by atoms with Gasteiger partial charge in [-0.1, -0.05) is 40.0 Å². The van der Waals surface area contributed by atoms with E-state index in [9.17, 15) is 16.8 Å². The molecule has 0 fully saturated rings. The largest absolute Gasteiger partial charge is 0.416 e. The molecule has 0 heterocycles. The molecule has 1 N–H and O–H groups in total. The summed E-state index contributed by atoms with van der Waals surface area (Å²) in [4.78, 5) is 0. The maximum absolute atomic E-state index is 11.4. The molecule has 0 aromatic rings. The van der Waals surface area contributed by atoms with Crippen molar-refractivity contribution in [3.05, 3.63) is 0 Å². The van der Waals surface area contributed by atoms with Gasteiger partial charge in [-0.3, -0.25) is 4.55 Å². The molecule has 116 valence electrons. The van der Waals surface area contributed by atoms with E-state index in [0.29, 0.717) is 19.3 Å². The van der Waals surface area contributed by atoms with Gasteiger partial charge in [0.25, 0.3) is 0 Å². The Kier molecular flexibility index (Phi) is 7.45. The molecule has 0 radical (unpaired) electrons. The summed E-state index contributed by atoms with van der Waals surface area (Å²) in [6.07, 6.45) is 3.91. The first-order chi connectivity index (χ1) is 8.60. The number of unbranched alkanes of at least 4 members (excludes halogenated alkanes) is 2. The van der Waals surface area contributed by atoms with Gasteiger partial charge in [-0.05, 0) is 19.3 Å². The van der Waals surface area contributed by atoms with Crippen LogP contribution in [0, 0.1) is 0 Å². The Bertz CT molecular complexity index is 448. The molecule has 0 atom stereocenters. The predicted molar refractivity (Wildman–Crippen MR) is 70.1 cm³/mol. The lowest BCUT2D eigenvalue weighted by Crippen LogP contribution is -2.35. The smallest absolute Gasteiger partial charge is 0.263 e. The van der Waals surface area contributed by atoms with E-state index < -0.39 is 26.4 Å². The normalized spacial score (nSPS) is 13.7. The molecule has 0 unspecified atom stereocenters. The van der Waals surface area contributed by atoms with Crippen molar-refractivity contribution in [2.75, 3.05) is 0 Å². The van der Waals surface area contributed by atoms with Crippen LogP contribution in [0.2, 0.25) is 0 Å². The average Bonchev–Trinajstić information content (AvgIpc) is 2.24. The van der Waals surface area contributed by atoms with Crippen molar-refractivity contribution in [3.63, 3.8) is 0 Å². The van der Waals surface area contributed by atoms with Crippen LogP contribution in [-0.2, 0) is 28.6 Å². The zero-order chi connectivity index (χ0) is 15.2. The topological polar surface area (TPSA) is 107 Å². The molecule has 0 aromatic heterocycles. The fraction of sp³-hybridized carbons (Fsp3) is 1.00. The van der Waals surface area contributed by atoms with E-state index in [1.807, 2.05) is 6.92 Å². The molecule has 0 aliphatic rings. The van der Waals surface area contributed by atoms with Crippen LogP contribution in [0.1, 0.15) is 59.3 Å². The fourth-order valence-corrected chi connectivity index (χ4v) is 3.50. The van der Waals surface area contributed by atoms with Crippen molar-refractivity contribution in [2.24, 2.45) is 0 Å². The molecule has 9 heteroatoms. The molecule has 7 nitrogen and oxygen atoms in total. The minimum absolute atomic E-state index is 0.390. The Balaban J connectivity index is 4.91. The maximum Gasteiger partial charge on any atom is 0.416 e. The first kappa shape index (κ1) is 18.8. The van der Waals surface area contributed by atoms with Crippen LogP contribution < -0.4 is 0 Å². The molecule has 19 heavy (non-hydrogen) atoms. The van der Waals surface area contributed by atoms with E-state index in [4.69, 9.17) is 8.74 Å². The highest BCUT2D eigenvalue weighted by atomic mass is 32.3. The van der Waals surface area contributed by atoms with Gasteiger partial charge in [0.05, 0.1) is 5.60 Å². The van der Waals surface area contributed by atoms with Gasteiger partial charge in [0.15, 0.2) is 0 Å². The van der Waals surface area contributed by atoms with Gasteiger partial charge in [-0.2, -0.15) is 16.8 Å². The summed E-state index contributed by atoms with van der Waals surface area (Å²) >= 11 is 0. The van der Waals surface area contributed by atoms with Gasteiger partial charge >= 0.3 is 20.8 Å². The van der Waals surface area contributed by atoms with Gasteiger partial charge in [-0.15, -0.1) is 3.63 Å².